The molecule has 0 aliphatic heterocycles. The van der Waals surface area contributed by atoms with Crippen LogP contribution in [-0.4, -0.2) is 58.9 Å². The molecule has 2 aliphatic rings. The number of ether oxygens (including phenoxy) is 2. The number of alkyl halides is 6. The molecule has 4 atom stereocenters. The highest BCUT2D eigenvalue weighted by Gasteiger charge is 2.40. The summed E-state index contributed by atoms with van der Waals surface area (Å²) in [5.74, 6) is -2.91. The number of hydrogen-bond donors (Lipinski definition) is 2. The number of aliphatic hydroxyl groups excluding tert-OH is 2. The van der Waals surface area contributed by atoms with Crippen molar-refractivity contribution in [3.63, 3.8) is 0 Å². The van der Waals surface area contributed by atoms with Crippen molar-refractivity contribution in [3.8, 4) is 0 Å². The molecular weight excluding hydrogens is 570 g/mol. The second-order valence-electron chi connectivity index (χ2n) is 13.8. The number of hydrogen-bond acceptors (Lipinski definition) is 6. The van der Waals surface area contributed by atoms with Gasteiger partial charge in [0, 0.05) is 26.1 Å². The predicted octanol–water partition coefficient (Wildman–Crippen LogP) is 7.39. The molecule has 248 valence electrons. The van der Waals surface area contributed by atoms with Crippen LogP contribution in [0.15, 0.2) is 0 Å². The van der Waals surface area contributed by atoms with E-state index in [0.29, 0.717) is 24.7 Å². The van der Waals surface area contributed by atoms with Crippen LogP contribution in [0.25, 0.3) is 0 Å². The Morgan fingerprint density at radius 3 is 1.12 bits per heavy atom. The molecule has 2 aliphatic carbocycles. The highest BCUT2D eigenvalue weighted by molar-refractivity contribution is 5.73. The fraction of sp³-hybridized carbons (Fsp3) is 0.933. The first-order valence-corrected chi connectivity index (χ1v) is 14.8. The second-order valence-corrected chi connectivity index (χ2v) is 13.8. The van der Waals surface area contributed by atoms with Crippen molar-refractivity contribution < 1.29 is 55.6 Å². The average molecular weight is 621 g/mol. The van der Waals surface area contributed by atoms with Crippen molar-refractivity contribution in [2.24, 2.45) is 35.5 Å². The van der Waals surface area contributed by atoms with Crippen molar-refractivity contribution >= 4 is 11.9 Å². The third-order valence-corrected chi connectivity index (χ3v) is 7.19. The molecule has 0 heterocycles. The summed E-state index contributed by atoms with van der Waals surface area (Å²) in [4.78, 5) is 24.5. The van der Waals surface area contributed by atoms with E-state index in [1.807, 2.05) is 0 Å². The lowest BCUT2D eigenvalue weighted by molar-refractivity contribution is -0.166. The van der Waals surface area contributed by atoms with Gasteiger partial charge in [0.15, 0.2) is 0 Å². The van der Waals surface area contributed by atoms with Crippen LogP contribution in [0.4, 0.5) is 26.3 Å². The zero-order valence-corrected chi connectivity index (χ0v) is 25.7. The molecule has 0 bridgehead atoms. The van der Waals surface area contributed by atoms with Crippen molar-refractivity contribution in [1.29, 1.82) is 0 Å². The van der Waals surface area contributed by atoms with Crippen molar-refractivity contribution in [2.75, 3.05) is 13.2 Å². The largest absolute Gasteiger partial charge is 0.460 e. The predicted molar refractivity (Wildman–Crippen MR) is 145 cm³/mol. The van der Waals surface area contributed by atoms with Gasteiger partial charge < -0.3 is 19.7 Å². The second kappa shape index (κ2) is 16.0. The number of rotatable bonds is 14. The Hall–Kier alpha value is -1.56. The molecule has 0 saturated heterocycles. The Morgan fingerprint density at radius 1 is 0.643 bits per heavy atom. The fourth-order valence-electron chi connectivity index (χ4n) is 4.68. The van der Waals surface area contributed by atoms with Crippen LogP contribution in [-0.2, 0) is 19.1 Å². The molecule has 2 N–H and O–H groups in total. The van der Waals surface area contributed by atoms with Gasteiger partial charge in [-0.3, -0.25) is 9.59 Å². The molecule has 2 fully saturated rings. The van der Waals surface area contributed by atoms with Crippen LogP contribution in [0, 0.1) is 35.5 Å². The Labute approximate surface area is 245 Å². The minimum Gasteiger partial charge on any atom is -0.460 e. The number of carbonyl (C=O) groups excluding carboxylic acids is 2. The van der Waals surface area contributed by atoms with Crippen molar-refractivity contribution in [2.45, 2.75) is 129 Å². The highest BCUT2D eigenvalue weighted by atomic mass is 19.4. The monoisotopic (exact) mass is 620 g/mol. The number of esters is 2. The average Bonchev–Trinajstić information content (AvgIpc) is 3.71. The molecule has 2 rings (SSSR count). The topological polar surface area (TPSA) is 93.1 Å². The number of halogens is 6. The third-order valence-electron chi connectivity index (χ3n) is 7.19. The molecule has 6 nitrogen and oxygen atoms in total. The summed E-state index contributed by atoms with van der Waals surface area (Å²) in [6, 6.07) is 0. The summed E-state index contributed by atoms with van der Waals surface area (Å²) >= 11 is 0. The van der Waals surface area contributed by atoms with Gasteiger partial charge in [-0.1, -0.05) is 25.7 Å². The molecule has 12 heteroatoms. The summed E-state index contributed by atoms with van der Waals surface area (Å²) in [5.41, 5.74) is -1.36. The molecule has 0 spiro atoms. The van der Waals surface area contributed by atoms with E-state index in [1.165, 1.54) is 0 Å². The molecule has 0 aromatic heterocycles. The van der Waals surface area contributed by atoms with Gasteiger partial charge in [-0.15, -0.1) is 0 Å². The minimum atomic E-state index is -4.27. The molecule has 0 aromatic carbocycles. The maximum Gasteiger partial charge on any atom is 0.389 e. The highest BCUT2D eigenvalue weighted by Crippen LogP contribution is 2.41. The summed E-state index contributed by atoms with van der Waals surface area (Å²) in [5, 5.41) is 18.8. The number of carbonyl (C=O) groups is 2. The first kappa shape index (κ1) is 38.5. The van der Waals surface area contributed by atoms with E-state index in [4.69, 9.17) is 9.47 Å². The molecule has 0 unspecified atom stereocenters. The van der Waals surface area contributed by atoms with Crippen LogP contribution in [0.1, 0.15) is 106 Å². The summed E-state index contributed by atoms with van der Waals surface area (Å²) < 4.78 is 84.8. The van der Waals surface area contributed by atoms with Gasteiger partial charge in [-0.25, -0.2) is 0 Å². The van der Waals surface area contributed by atoms with Gasteiger partial charge in [0.1, 0.15) is 11.2 Å². The van der Waals surface area contributed by atoms with E-state index in [0.717, 1.165) is 25.7 Å². The van der Waals surface area contributed by atoms with E-state index >= 15 is 0 Å². The lowest BCUT2D eigenvalue weighted by Crippen LogP contribution is -2.34. The first-order chi connectivity index (χ1) is 19.0. The van der Waals surface area contributed by atoms with Gasteiger partial charge >= 0.3 is 24.3 Å². The Morgan fingerprint density at radius 2 is 0.929 bits per heavy atom. The lowest BCUT2D eigenvalue weighted by atomic mass is 9.84. The first-order valence-electron chi connectivity index (χ1n) is 14.8. The summed E-state index contributed by atoms with van der Waals surface area (Å²) in [7, 11) is 0. The van der Waals surface area contributed by atoms with Crippen molar-refractivity contribution in [1.82, 2.24) is 0 Å². The maximum atomic E-state index is 12.4. The molecule has 2 saturated carbocycles. The quantitative estimate of drug-likeness (QED) is 0.155. The third kappa shape index (κ3) is 18.2. The smallest absolute Gasteiger partial charge is 0.389 e. The van der Waals surface area contributed by atoms with Crippen LogP contribution in [0.5, 0.6) is 0 Å². The molecule has 0 radical (unpaired) electrons. The fourth-order valence-corrected chi connectivity index (χ4v) is 4.68. The Bertz CT molecular complexity index is 754. The van der Waals surface area contributed by atoms with E-state index in [-0.39, 0.29) is 12.8 Å². The molecular formula is C30H50F6O6. The lowest BCUT2D eigenvalue weighted by Gasteiger charge is -2.28. The maximum absolute atomic E-state index is 12.4. The number of aliphatic hydroxyl groups is 2. The standard InChI is InChI=1S/2C15H25F3O3/c2*1-14(2,3)21-13(20)12(8-10-4-5-10)11(9-19)6-7-15(16,17)18/h2*10-12,19H,4-9H2,1-3H3/t11-,12+;11-,12-/m00/s1. The Kier molecular flexibility index (Phi) is 14.6. The SMILES string of the molecule is CC(C)(C)OC(=O)[C@@H](CC1CC1)[C@H](CO)CCC(F)(F)F.CC(C)(C)OC(=O)[C@H](CC1CC1)[C@H](CO)CCC(F)(F)F. The molecule has 0 amide bonds. The van der Waals surface area contributed by atoms with Crippen LogP contribution < -0.4 is 0 Å². The zero-order valence-electron chi connectivity index (χ0n) is 25.7. The minimum absolute atomic E-state index is 0.239. The van der Waals surface area contributed by atoms with E-state index in [9.17, 15) is 46.1 Å². The molecule has 0 aromatic rings. The summed E-state index contributed by atoms with van der Waals surface area (Å²) in [6.07, 6.45) is -5.98. The van der Waals surface area contributed by atoms with Gasteiger partial charge in [0.05, 0.1) is 11.8 Å². The zero-order chi connectivity index (χ0) is 32.5. The molecule has 42 heavy (non-hydrogen) atoms. The normalized spacial score (nSPS) is 19.2. The van der Waals surface area contributed by atoms with Crippen LogP contribution in [0.3, 0.4) is 0 Å². The summed E-state index contributed by atoms with van der Waals surface area (Å²) in [6.45, 7) is 9.50. The Balaban J connectivity index is 0.000000420. The van der Waals surface area contributed by atoms with E-state index < -0.39 is 85.2 Å². The van der Waals surface area contributed by atoms with Gasteiger partial charge in [-0.2, -0.15) is 26.3 Å². The van der Waals surface area contributed by atoms with Crippen LogP contribution in [0.2, 0.25) is 0 Å². The van der Waals surface area contributed by atoms with E-state index in [1.54, 1.807) is 41.5 Å². The van der Waals surface area contributed by atoms with Gasteiger partial charge in [-0.05, 0) is 90.9 Å². The van der Waals surface area contributed by atoms with Gasteiger partial charge in [0.25, 0.3) is 0 Å². The van der Waals surface area contributed by atoms with E-state index in [2.05, 4.69) is 0 Å². The van der Waals surface area contributed by atoms with Crippen molar-refractivity contribution in [3.05, 3.63) is 0 Å². The van der Waals surface area contributed by atoms with Crippen LogP contribution >= 0.6 is 0 Å². The van der Waals surface area contributed by atoms with Gasteiger partial charge in [0.2, 0.25) is 0 Å².